The summed E-state index contributed by atoms with van der Waals surface area (Å²) in [5, 5.41) is 1.35. The number of amides is 1. The molecule has 1 aromatic carbocycles. The number of halogens is 3. The quantitative estimate of drug-likeness (QED) is 0.275. The molecule has 2 atom stereocenters. The average molecular weight is 603 g/mol. The van der Waals surface area contributed by atoms with Gasteiger partial charge in [0.05, 0.1) is 13.3 Å². The molecule has 2 N–H and O–H groups in total. The van der Waals surface area contributed by atoms with Crippen LogP contribution in [0.4, 0.5) is 29.1 Å². The zero-order valence-electron chi connectivity index (χ0n) is 21.4. The van der Waals surface area contributed by atoms with Gasteiger partial charge in [-0.3, -0.25) is 4.79 Å². The van der Waals surface area contributed by atoms with Crippen molar-refractivity contribution in [2.45, 2.75) is 31.3 Å². The molecule has 1 saturated heterocycles. The molecular formula is C23H25F3N6O6S2. The lowest BCUT2D eigenvalue weighted by Gasteiger charge is -2.28. The molecule has 3 heterocycles. The topological polar surface area (TPSA) is 148 Å². The third-order valence-corrected chi connectivity index (χ3v) is 8.38. The Morgan fingerprint density at radius 3 is 2.62 bits per heavy atom. The first-order chi connectivity index (χ1) is 18.8. The SMILES string of the molecule is COC(=O)[C@@H](Cc1cc2ccnc(N)c2cc1OC(F)(F)F)N1CC[C@H](N(c2cnc(N(C)C)s2)[SH](=O)=O)C1=O. The second kappa shape index (κ2) is 11.3. The molecule has 1 fully saturated rings. The van der Waals surface area contributed by atoms with E-state index in [1.807, 2.05) is 0 Å². The first-order valence-electron chi connectivity index (χ1n) is 11.7. The van der Waals surface area contributed by atoms with Crippen molar-refractivity contribution in [1.29, 1.82) is 0 Å². The summed E-state index contributed by atoms with van der Waals surface area (Å²) in [5.41, 5.74) is 5.78. The minimum atomic E-state index is -5.06. The molecule has 40 heavy (non-hydrogen) atoms. The highest BCUT2D eigenvalue weighted by molar-refractivity contribution is 7.74. The average Bonchev–Trinajstić information content (AvgIpc) is 3.50. The minimum Gasteiger partial charge on any atom is -0.467 e. The van der Waals surface area contributed by atoms with Crippen molar-refractivity contribution < 1.29 is 40.7 Å². The van der Waals surface area contributed by atoms with E-state index in [1.54, 1.807) is 19.0 Å². The summed E-state index contributed by atoms with van der Waals surface area (Å²) in [4.78, 5) is 37.2. The van der Waals surface area contributed by atoms with E-state index >= 15 is 0 Å². The predicted molar refractivity (Wildman–Crippen MR) is 142 cm³/mol. The van der Waals surface area contributed by atoms with E-state index < -0.39 is 53.4 Å². The van der Waals surface area contributed by atoms with E-state index in [2.05, 4.69) is 14.7 Å². The van der Waals surface area contributed by atoms with Crippen molar-refractivity contribution in [3.05, 3.63) is 36.2 Å². The van der Waals surface area contributed by atoms with Gasteiger partial charge in [0.1, 0.15) is 28.7 Å². The minimum absolute atomic E-state index is 0.0227. The molecule has 2 aromatic heterocycles. The molecule has 4 rings (SSSR count). The molecule has 3 aromatic rings. The van der Waals surface area contributed by atoms with Crippen molar-refractivity contribution in [1.82, 2.24) is 14.9 Å². The highest BCUT2D eigenvalue weighted by Crippen LogP contribution is 2.36. The van der Waals surface area contributed by atoms with Crippen LogP contribution in [0.1, 0.15) is 12.0 Å². The normalized spacial score (nSPS) is 16.4. The van der Waals surface area contributed by atoms with Crippen LogP contribution in [-0.2, 0) is 31.6 Å². The maximum Gasteiger partial charge on any atom is 0.573 e. The van der Waals surface area contributed by atoms with E-state index in [9.17, 15) is 31.2 Å². The van der Waals surface area contributed by atoms with E-state index in [-0.39, 0.29) is 34.7 Å². The molecule has 0 radical (unpaired) electrons. The lowest BCUT2D eigenvalue weighted by Crippen LogP contribution is -2.48. The highest BCUT2D eigenvalue weighted by atomic mass is 32.2. The van der Waals surface area contributed by atoms with Crippen LogP contribution in [0.2, 0.25) is 0 Å². The number of nitrogen functional groups attached to an aromatic ring is 1. The summed E-state index contributed by atoms with van der Waals surface area (Å²) in [7, 11) is 1.25. The van der Waals surface area contributed by atoms with Crippen LogP contribution >= 0.6 is 11.3 Å². The number of aromatic nitrogens is 2. The van der Waals surface area contributed by atoms with Crippen molar-refractivity contribution in [3.63, 3.8) is 0 Å². The number of fused-ring (bicyclic) bond motifs is 1. The largest absolute Gasteiger partial charge is 0.573 e. The fourth-order valence-corrected chi connectivity index (χ4v) is 6.23. The standard InChI is InChI=1S/C23H25F3N6O6S2/c1-30(2)22-29-11-18(39-22)32(40(35)36)15-5-7-31(20(15)33)16(21(34)37-3)9-13-8-12-4-6-28-19(27)14(12)10-17(13)38-23(24,25)26/h4,6,8,10-11,15-16,40H,5,7,9H2,1-3H3,(H2,27,28)/t15-,16+/m0/s1. The number of hydrogen-bond donors (Lipinski definition) is 2. The number of nitrogens with two attached hydrogens (primary N) is 1. The second-order valence-corrected chi connectivity index (χ2v) is 10.9. The van der Waals surface area contributed by atoms with Gasteiger partial charge in [-0.2, -0.15) is 0 Å². The Morgan fingerprint density at radius 2 is 2.02 bits per heavy atom. The molecule has 0 unspecified atom stereocenters. The lowest BCUT2D eigenvalue weighted by atomic mass is 10.00. The zero-order chi connectivity index (χ0) is 29.4. The first kappa shape index (κ1) is 29.1. The molecule has 1 aliphatic heterocycles. The first-order valence-corrected chi connectivity index (χ1v) is 13.6. The Balaban J connectivity index is 1.70. The van der Waals surface area contributed by atoms with Crippen LogP contribution in [-0.4, -0.2) is 81.4 Å². The Bertz CT molecular complexity index is 1500. The number of hydrogen-bond acceptors (Lipinski definition) is 11. The van der Waals surface area contributed by atoms with Gasteiger partial charge in [0.2, 0.25) is 16.8 Å². The van der Waals surface area contributed by atoms with E-state index in [0.29, 0.717) is 10.5 Å². The molecule has 216 valence electrons. The number of benzene rings is 1. The third kappa shape index (κ3) is 5.99. The van der Waals surface area contributed by atoms with Crippen LogP contribution in [0.5, 0.6) is 5.75 Å². The number of carbonyl (C=O) groups excluding carboxylic acids is 2. The van der Waals surface area contributed by atoms with E-state index in [1.165, 1.54) is 24.5 Å². The number of anilines is 3. The molecule has 0 saturated carbocycles. The number of carbonyl (C=O) groups is 2. The van der Waals surface area contributed by atoms with Gasteiger partial charge in [0.15, 0.2) is 5.13 Å². The molecular weight excluding hydrogens is 577 g/mol. The second-order valence-electron chi connectivity index (χ2n) is 8.96. The van der Waals surface area contributed by atoms with Crippen molar-refractivity contribution in [2.75, 3.05) is 42.7 Å². The van der Waals surface area contributed by atoms with Gasteiger partial charge in [-0.1, -0.05) is 11.3 Å². The molecule has 12 nitrogen and oxygen atoms in total. The number of pyridine rings is 1. The number of likely N-dealkylation sites (tertiary alicyclic amines) is 1. The van der Waals surface area contributed by atoms with E-state index in [4.69, 9.17) is 10.5 Å². The lowest BCUT2D eigenvalue weighted by molar-refractivity contribution is -0.274. The summed E-state index contributed by atoms with van der Waals surface area (Å²) >= 11 is 1.05. The fraction of sp³-hybridized carbons (Fsp3) is 0.391. The number of esters is 1. The summed E-state index contributed by atoms with van der Waals surface area (Å²) in [5.74, 6) is -2.25. The summed E-state index contributed by atoms with van der Waals surface area (Å²) < 4.78 is 74.3. The van der Waals surface area contributed by atoms with Gasteiger partial charge >= 0.3 is 12.3 Å². The van der Waals surface area contributed by atoms with Gasteiger partial charge in [-0.15, -0.1) is 13.2 Å². The number of rotatable bonds is 9. The van der Waals surface area contributed by atoms with Crippen molar-refractivity contribution in [3.8, 4) is 5.75 Å². The maximum atomic E-state index is 13.5. The molecule has 0 spiro atoms. The molecule has 0 bridgehead atoms. The zero-order valence-corrected chi connectivity index (χ0v) is 23.1. The number of nitrogens with zero attached hydrogens (tertiary/aromatic N) is 5. The number of methoxy groups -OCH3 is 1. The fourth-order valence-electron chi connectivity index (χ4n) is 4.46. The van der Waals surface area contributed by atoms with E-state index in [0.717, 1.165) is 33.7 Å². The Hall–Kier alpha value is -3.86. The van der Waals surface area contributed by atoms with Gasteiger partial charge in [0, 0.05) is 38.6 Å². The van der Waals surface area contributed by atoms with Gasteiger partial charge < -0.3 is 25.0 Å². The van der Waals surface area contributed by atoms with Crippen LogP contribution in [0.3, 0.4) is 0 Å². The predicted octanol–water partition coefficient (Wildman–Crippen LogP) is 1.96. The number of alkyl halides is 3. The molecule has 1 amide bonds. The van der Waals surface area contributed by atoms with Crippen LogP contribution < -0.4 is 19.7 Å². The molecule has 0 aliphatic carbocycles. The number of thiazole rings is 1. The Kier molecular flexibility index (Phi) is 8.25. The van der Waals surface area contributed by atoms with Crippen LogP contribution in [0.25, 0.3) is 10.8 Å². The van der Waals surface area contributed by atoms with Gasteiger partial charge in [-0.05, 0) is 35.6 Å². The Labute approximate surface area is 232 Å². The molecule has 1 aliphatic rings. The van der Waals surface area contributed by atoms with Gasteiger partial charge in [0.25, 0.3) is 0 Å². The number of ether oxygens (including phenoxy) is 2. The van der Waals surface area contributed by atoms with Crippen LogP contribution in [0, 0.1) is 0 Å². The van der Waals surface area contributed by atoms with Crippen LogP contribution in [0.15, 0.2) is 30.6 Å². The monoisotopic (exact) mass is 602 g/mol. The van der Waals surface area contributed by atoms with Gasteiger partial charge in [-0.25, -0.2) is 27.5 Å². The maximum absolute atomic E-state index is 13.5. The smallest absolute Gasteiger partial charge is 0.467 e. The summed E-state index contributed by atoms with van der Waals surface area (Å²) in [6.07, 6.45) is -2.75. The number of thiol groups is 1. The van der Waals surface area contributed by atoms with Crippen molar-refractivity contribution >= 4 is 60.8 Å². The summed E-state index contributed by atoms with van der Waals surface area (Å²) in [6.45, 7) is -0.0534. The summed E-state index contributed by atoms with van der Waals surface area (Å²) in [6, 6.07) is 1.40. The third-order valence-electron chi connectivity index (χ3n) is 6.24. The Morgan fingerprint density at radius 1 is 1.30 bits per heavy atom. The molecule has 17 heteroatoms. The highest BCUT2D eigenvalue weighted by Gasteiger charge is 2.44. The van der Waals surface area contributed by atoms with Crippen molar-refractivity contribution in [2.24, 2.45) is 0 Å².